The predicted molar refractivity (Wildman–Crippen MR) is 79.8 cm³/mol. The van der Waals surface area contributed by atoms with Crippen molar-refractivity contribution in [1.29, 1.82) is 0 Å². The van der Waals surface area contributed by atoms with E-state index in [1.54, 1.807) is 6.07 Å². The van der Waals surface area contributed by atoms with E-state index >= 15 is 0 Å². The lowest BCUT2D eigenvalue weighted by Gasteiger charge is -2.26. The van der Waals surface area contributed by atoms with Crippen LogP contribution in [0.4, 0.5) is 0 Å². The molecule has 0 aliphatic rings. The van der Waals surface area contributed by atoms with Gasteiger partial charge in [0.25, 0.3) is 5.91 Å². The molecule has 0 unspecified atom stereocenters. The molecule has 5 heteroatoms. The molecule has 5 nitrogen and oxygen atoms in total. The Morgan fingerprint density at radius 1 is 1.35 bits per heavy atom. The van der Waals surface area contributed by atoms with Gasteiger partial charge in [-0.2, -0.15) is 0 Å². The van der Waals surface area contributed by atoms with Crippen molar-refractivity contribution >= 4 is 5.91 Å². The van der Waals surface area contributed by atoms with Crippen LogP contribution >= 0.6 is 0 Å². The number of hydrogen-bond acceptors (Lipinski definition) is 4. The second-order valence-electron chi connectivity index (χ2n) is 5.70. The van der Waals surface area contributed by atoms with Gasteiger partial charge in [-0.25, -0.2) is 0 Å². The molecular formula is C15H27N3O2. The first-order valence-corrected chi connectivity index (χ1v) is 7.47. The Morgan fingerprint density at radius 2 is 2.10 bits per heavy atom. The Hall–Kier alpha value is -1.36. The average molecular weight is 281 g/mol. The minimum atomic E-state index is -0.169. The molecule has 0 saturated heterocycles. The first kappa shape index (κ1) is 16.7. The second-order valence-corrected chi connectivity index (χ2v) is 5.70. The summed E-state index contributed by atoms with van der Waals surface area (Å²) in [5.41, 5.74) is 0.388. The van der Waals surface area contributed by atoms with Crippen LogP contribution in [-0.2, 0) is 6.42 Å². The topological polar surface area (TPSA) is 67.2 Å². The maximum absolute atomic E-state index is 11.9. The van der Waals surface area contributed by atoms with Crippen LogP contribution in [0.15, 0.2) is 10.6 Å². The number of rotatable bonds is 9. The van der Waals surface area contributed by atoms with Gasteiger partial charge < -0.3 is 15.2 Å². The number of nitrogens with one attached hydrogen (secondary N) is 2. The largest absolute Gasteiger partial charge is 0.361 e. The molecule has 0 aromatic carbocycles. The quantitative estimate of drug-likeness (QED) is 0.683. The van der Waals surface area contributed by atoms with Crippen LogP contribution < -0.4 is 10.6 Å². The minimum Gasteiger partial charge on any atom is -0.361 e. The van der Waals surface area contributed by atoms with Gasteiger partial charge in [0.15, 0.2) is 5.69 Å². The predicted octanol–water partition coefficient (Wildman–Crippen LogP) is 2.53. The molecule has 1 amide bonds. The van der Waals surface area contributed by atoms with Gasteiger partial charge in [0.05, 0.1) is 0 Å². The zero-order chi connectivity index (χ0) is 15.0. The Bertz CT molecular complexity index is 413. The molecule has 0 bridgehead atoms. The van der Waals surface area contributed by atoms with E-state index in [1.807, 2.05) is 6.92 Å². The van der Waals surface area contributed by atoms with Crippen LogP contribution in [0, 0.1) is 0 Å². The zero-order valence-electron chi connectivity index (χ0n) is 13.1. The van der Waals surface area contributed by atoms with Gasteiger partial charge in [0, 0.05) is 24.6 Å². The van der Waals surface area contributed by atoms with Gasteiger partial charge >= 0.3 is 0 Å². The molecule has 1 aromatic heterocycles. The van der Waals surface area contributed by atoms with E-state index in [2.05, 4.69) is 36.6 Å². The molecule has 2 N–H and O–H groups in total. The summed E-state index contributed by atoms with van der Waals surface area (Å²) in [5, 5.41) is 10.1. The van der Waals surface area contributed by atoms with Gasteiger partial charge in [-0.05, 0) is 33.2 Å². The number of hydrogen-bond donors (Lipinski definition) is 2. The molecule has 0 radical (unpaired) electrons. The van der Waals surface area contributed by atoms with Crippen molar-refractivity contribution in [1.82, 2.24) is 15.8 Å². The standard InChI is InChI=1S/C15H27N3O2/c1-5-7-9-17-15(3,4)8-10-16-14(19)13-11-12(6-2)20-18-13/h11,17H,5-10H2,1-4H3,(H,16,19). The number of amides is 1. The van der Waals surface area contributed by atoms with Gasteiger partial charge in [-0.3, -0.25) is 4.79 Å². The third-order valence-corrected chi connectivity index (χ3v) is 3.31. The lowest BCUT2D eigenvalue weighted by Crippen LogP contribution is -2.42. The van der Waals surface area contributed by atoms with E-state index in [9.17, 15) is 4.79 Å². The van der Waals surface area contributed by atoms with E-state index in [-0.39, 0.29) is 11.4 Å². The van der Waals surface area contributed by atoms with Crippen molar-refractivity contribution in [3.8, 4) is 0 Å². The molecule has 0 saturated carbocycles. The summed E-state index contributed by atoms with van der Waals surface area (Å²) >= 11 is 0. The number of aryl methyl sites for hydroxylation is 1. The summed E-state index contributed by atoms with van der Waals surface area (Å²) in [4.78, 5) is 11.9. The van der Waals surface area contributed by atoms with Gasteiger partial charge in [-0.1, -0.05) is 25.4 Å². The summed E-state index contributed by atoms with van der Waals surface area (Å²) in [6.45, 7) is 10.1. The fraction of sp³-hybridized carbons (Fsp3) is 0.733. The highest BCUT2D eigenvalue weighted by molar-refractivity contribution is 5.92. The van der Waals surface area contributed by atoms with E-state index in [0.717, 1.165) is 25.1 Å². The van der Waals surface area contributed by atoms with Crippen molar-refractivity contribution in [2.45, 2.75) is 58.9 Å². The van der Waals surface area contributed by atoms with Gasteiger partial charge in [0.2, 0.25) is 0 Å². The number of unbranched alkanes of at least 4 members (excludes halogenated alkanes) is 1. The monoisotopic (exact) mass is 281 g/mol. The van der Waals surface area contributed by atoms with Crippen molar-refractivity contribution in [3.05, 3.63) is 17.5 Å². The van der Waals surface area contributed by atoms with E-state index in [0.29, 0.717) is 12.2 Å². The SMILES string of the molecule is CCCCNC(C)(C)CCNC(=O)c1cc(CC)on1. The smallest absolute Gasteiger partial charge is 0.273 e. The first-order chi connectivity index (χ1) is 9.48. The van der Waals surface area contributed by atoms with Crippen molar-refractivity contribution in [2.75, 3.05) is 13.1 Å². The molecule has 0 aliphatic carbocycles. The number of nitrogens with zero attached hydrogens (tertiary/aromatic N) is 1. The lowest BCUT2D eigenvalue weighted by atomic mass is 10.0. The van der Waals surface area contributed by atoms with Gasteiger partial charge in [0.1, 0.15) is 5.76 Å². The normalized spacial score (nSPS) is 11.6. The number of carbonyl (C=O) groups is 1. The van der Waals surface area contributed by atoms with E-state index in [1.165, 1.54) is 12.8 Å². The molecule has 1 heterocycles. The van der Waals surface area contributed by atoms with Crippen LogP contribution in [0.25, 0.3) is 0 Å². The lowest BCUT2D eigenvalue weighted by molar-refractivity contribution is 0.0941. The fourth-order valence-electron chi connectivity index (χ4n) is 1.86. The van der Waals surface area contributed by atoms with Crippen LogP contribution in [0.5, 0.6) is 0 Å². The Morgan fingerprint density at radius 3 is 2.70 bits per heavy atom. The minimum absolute atomic E-state index is 0.0286. The average Bonchev–Trinajstić information content (AvgIpc) is 2.87. The molecule has 0 spiro atoms. The van der Waals surface area contributed by atoms with Gasteiger partial charge in [-0.15, -0.1) is 0 Å². The van der Waals surface area contributed by atoms with Crippen molar-refractivity contribution in [3.63, 3.8) is 0 Å². The Balaban J connectivity index is 2.30. The highest BCUT2D eigenvalue weighted by Gasteiger charge is 2.17. The Kier molecular flexibility index (Phi) is 6.71. The molecule has 114 valence electrons. The zero-order valence-corrected chi connectivity index (χ0v) is 13.1. The van der Waals surface area contributed by atoms with E-state index < -0.39 is 0 Å². The molecular weight excluding hydrogens is 254 g/mol. The van der Waals surface area contributed by atoms with Crippen molar-refractivity contribution in [2.24, 2.45) is 0 Å². The third-order valence-electron chi connectivity index (χ3n) is 3.31. The highest BCUT2D eigenvalue weighted by atomic mass is 16.5. The number of aromatic nitrogens is 1. The summed E-state index contributed by atoms with van der Waals surface area (Å²) in [5.74, 6) is 0.564. The molecule has 0 fully saturated rings. The summed E-state index contributed by atoms with van der Waals surface area (Å²) in [7, 11) is 0. The third kappa shape index (κ3) is 5.74. The fourth-order valence-corrected chi connectivity index (χ4v) is 1.86. The molecule has 20 heavy (non-hydrogen) atoms. The maximum atomic E-state index is 11.9. The maximum Gasteiger partial charge on any atom is 0.273 e. The van der Waals surface area contributed by atoms with Crippen molar-refractivity contribution < 1.29 is 9.32 Å². The Labute approximate surface area is 121 Å². The van der Waals surface area contributed by atoms with Crippen LogP contribution in [0.2, 0.25) is 0 Å². The second kappa shape index (κ2) is 8.04. The summed E-state index contributed by atoms with van der Waals surface area (Å²) < 4.78 is 5.02. The van der Waals surface area contributed by atoms with Crippen LogP contribution in [0.1, 0.15) is 63.2 Å². The molecule has 1 rings (SSSR count). The van der Waals surface area contributed by atoms with Crippen LogP contribution in [0.3, 0.4) is 0 Å². The molecule has 0 aliphatic heterocycles. The molecule has 1 aromatic rings. The van der Waals surface area contributed by atoms with E-state index in [4.69, 9.17) is 4.52 Å². The first-order valence-electron chi connectivity index (χ1n) is 7.47. The number of carbonyl (C=O) groups excluding carboxylic acids is 1. The van der Waals surface area contributed by atoms with Crippen LogP contribution in [-0.4, -0.2) is 29.7 Å². The summed E-state index contributed by atoms with van der Waals surface area (Å²) in [6, 6.07) is 1.69. The molecule has 0 atom stereocenters. The summed E-state index contributed by atoms with van der Waals surface area (Å²) in [6.07, 6.45) is 3.98. The highest BCUT2D eigenvalue weighted by Crippen LogP contribution is 2.08.